The molecule has 2 rings (SSSR count). The van der Waals surface area contributed by atoms with Gasteiger partial charge in [-0.2, -0.15) is 0 Å². The van der Waals surface area contributed by atoms with Gasteiger partial charge in [-0.25, -0.2) is 17.8 Å². The number of sulfonamides is 1. The molecule has 0 aromatic carbocycles. The zero-order chi connectivity index (χ0) is 14.2. The number of aryl methyl sites for hydroxylation is 1. The molecule has 1 fully saturated rings. The maximum absolute atomic E-state index is 12.4. The lowest BCUT2D eigenvalue weighted by atomic mass is 9.94. The Morgan fingerprint density at radius 1 is 1.47 bits per heavy atom. The highest BCUT2D eigenvalue weighted by molar-refractivity contribution is 9.10. The van der Waals surface area contributed by atoms with Crippen LogP contribution in [0.2, 0.25) is 0 Å². The molecule has 108 valence electrons. The number of rotatable bonds is 4. The molecule has 0 spiro atoms. The first-order valence-electron chi connectivity index (χ1n) is 6.44. The van der Waals surface area contributed by atoms with Crippen LogP contribution in [0.4, 0.5) is 0 Å². The molecule has 6 nitrogen and oxygen atoms in total. The minimum Gasteiger partial charge on any atom is -0.235 e. The van der Waals surface area contributed by atoms with Crippen LogP contribution in [0.5, 0.6) is 0 Å². The third kappa shape index (κ3) is 2.85. The van der Waals surface area contributed by atoms with E-state index >= 15 is 0 Å². The average Bonchev–Trinajstić information content (AvgIpc) is 2.84. The van der Waals surface area contributed by atoms with Crippen LogP contribution >= 0.6 is 15.9 Å². The van der Waals surface area contributed by atoms with E-state index in [1.54, 1.807) is 7.05 Å². The van der Waals surface area contributed by atoms with Crippen molar-refractivity contribution in [2.45, 2.75) is 44.2 Å². The Kier molecular flexibility index (Phi) is 4.32. The molecule has 1 aromatic heterocycles. The molecule has 0 amide bonds. The van der Waals surface area contributed by atoms with Crippen molar-refractivity contribution < 1.29 is 8.42 Å². The molecule has 19 heavy (non-hydrogen) atoms. The smallest absolute Gasteiger partial charge is 0.235 e. The standard InChI is InChI=1S/C11H19BrN4O2S/c1-4-8-5-6-9(7(8)2)14-19(17,18)11-10(12)13-15-16(11)3/h7-9,14H,4-6H2,1-3H3. The first-order valence-corrected chi connectivity index (χ1v) is 8.72. The summed E-state index contributed by atoms with van der Waals surface area (Å²) in [6.07, 6.45) is 3.06. The Balaban J connectivity index is 2.19. The van der Waals surface area contributed by atoms with Crippen LogP contribution in [0.15, 0.2) is 9.63 Å². The lowest BCUT2D eigenvalue weighted by Crippen LogP contribution is -2.38. The van der Waals surface area contributed by atoms with Gasteiger partial charge in [-0.1, -0.05) is 25.5 Å². The van der Waals surface area contributed by atoms with E-state index in [1.807, 2.05) is 0 Å². The van der Waals surface area contributed by atoms with Crippen LogP contribution in [0.3, 0.4) is 0 Å². The number of nitrogens with one attached hydrogen (secondary N) is 1. The van der Waals surface area contributed by atoms with Gasteiger partial charge < -0.3 is 0 Å². The topological polar surface area (TPSA) is 76.9 Å². The van der Waals surface area contributed by atoms with Crippen molar-refractivity contribution >= 4 is 26.0 Å². The lowest BCUT2D eigenvalue weighted by molar-refractivity contribution is 0.368. The summed E-state index contributed by atoms with van der Waals surface area (Å²) in [5.41, 5.74) is 0. The summed E-state index contributed by atoms with van der Waals surface area (Å²) in [6.45, 7) is 4.27. The van der Waals surface area contributed by atoms with Crippen molar-refractivity contribution in [3.63, 3.8) is 0 Å². The molecular formula is C11H19BrN4O2S. The monoisotopic (exact) mass is 350 g/mol. The zero-order valence-corrected chi connectivity index (χ0v) is 13.7. The summed E-state index contributed by atoms with van der Waals surface area (Å²) < 4.78 is 29.1. The van der Waals surface area contributed by atoms with Gasteiger partial charge >= 0.3 is 0 Å². The van der Waals surface area contributed by atoms with Gasteiger partial charge in [-0.3, -0.25) is 0 Å². The Labute approximate surface area is 122 Å². The van der Waals surface area contributed by atoms with E-state index in [4.69, 9.17) is 0 Å². The second-order valence-electron chi connectivity index (χ2n) is 5.14. The van der Waals surface area contributed by atoms with E-state index in [9.17, 15) is 8.42 Å². The van der Waals surface area contributed by atoms with Crippen LogP contribution in [0.25, 0.3) is 0 Å². The molecule has 1 aliphatic rings. The molecular weight excluding hydrogens is 332 g/mol. The maximum atomic E-state index is 12.4. The van der Waals surface area contributed by atoms with Gasteiger partial charge in [-0.05, 0) is 40.6 Å². The first-order chi connectivity index (χ1) is 8.86. The van der Waals surface area contributed by atoms with Crippen LogP contribution in [-0.2, 0) is 17.1 Å². The van der Waals surface area contributed by atoms with Gasteiger partial charge in [0.15, 0.2) is 4.60 Å². The van der Waals surface area contributed by atoms with E-state index in [2.05, 4.69) is 44.8 Å². The number of aromatic nitrogens is 3. The minimum absolute atomic E-state index is 0.00301. The van der Waals surface area contributed by atoms with Gasteiger partial charge in [0, 0.05) is 13.1 Å². The van der Waals surface area contributed by atoms with Crippen molar-refractivity contribution in [1.29, 1.82) is 0 Å². The average molecular weight is 351 g/mol. The fourth-order valence-electron chi connectivity index (χ4n) is 2.85. The number of hydrogen-bond acceptors (Lipinski definition) is 4. The Morgan fingerprint density at radius 3 is 2.63 bits per heavy atom. The first kappa shape index (κ1) is 14.9. The minimum atomic E-state index is -3.59. The van der Waals surface area contributed by atoms with E-state index in [0.717, 1.165) is 19.3 Å². The number of hydrogen-bond donors (Lipinski definition) is 1. The van der Waals surface area contributed by atoms with Gasteiger partial charge in [-0.15, -0.1) is 5.10 Å². The zero-order valence-electron chi connectivity index (χ0n) is 11.3. The molecule has 1 aliphatic carbocycles. The fraction of sp³-hybridized carbons (Fsp3) is 0.818. The summed E-state index contributed by atoms with van der Waals surface area (Å²) in [6, 6.07) is -0.00301. The third-order valence-electron chi connectivity index (χ3n) is 4.05. The van der Waals surface area contributed by atoms with Crippen molar-refractivity contribution in [1.82, 2.24) is 19.7 Å². The molecule has 3 atom stereocenters. The Morgan fingerprint density at radius 2 is 2.16 bits per heavy atom. The molecule has 0 aliphatic heterocycles. The molecule has 1 N–H and O–H groups in total. The predicted octanol–water partition coefficient (Wildman–Crippen LogP) is 1.68. The van der Waals surface area contributed by atoms with Crippen LogP contribution in [0, 0.1) is 11.8 Å². The molecule has 8 heteroatoms. The summed E-state index contributed by atoms with van der Waals surface area (Å²) >= 11 is 3.13. The van der Waals surface area contributed by atoms with Gasteiger partial charge in [0.25, 0.3) is 10.0 Å². The van der Waals surface area contributed by atoms with Crippen LogP contribution < -0.4 is 4.72 Å². The molecule has 1 heterocycles. The normalized spacial score (nSPS) is 27.9. The SMILES string of the molecule is CCC1CCC(NS(=O)(=O)c2c(Br)nnn2C)C1C. The summed E-state index contributed by atoms with van der Waals surface area (Å²) in [5.74, 6) is 0.959. The lowest BCUT2D eigenvalue weighted by Gasteiger charge is -2.20. The van der Waals surface area contributed by atoms with Gasteiger partial charge in [0.1, 0.15) is 0 Å². The molecule has 3 unspecified atom stereocenters. The third-order valence-corrected chi connectivity index (χ3v) is 6.43. The summed E-state index contributed by atoms with van der Waals surface area (Å²) in [5, 5.41) is 7.51. The highest BCUT2D eigenvalue weighted by Gasteiger charge is 2.36. The number of nitrogens with zero attached hydrogens (tertiary/aromatic N) is 3. The fourth-order valence-corrected chi connectivity index (χ4v) is 5.31. The molecule has 0 bridgehead atoms. The maximum Gasteiger partial charge on any atom is 0.260 e. The largest absolute Gasteiger partial charge is 0.260 e. The Bertz CT molecular complexity index is 538. The van der Waals surface area contributed by atoms with E-state index in [0.29, 0.717) is 11.8 Å². The molecule has 0 saturated heterocycles. The second kappa shape index (κ2) is 5.49. The summed E-state index contributed by atoms with van der Waals surface area (Å²) in [7, 11) is -2.02. The van der Waals surface area contributed by atoms with E-state index < -0.39 is 10.0 Å². The molecule has 1 aromatic rings. The van der Waals surface area contributed by atoms with E-state index in [-0.39, 0.29) is 15.7 Å². The molecule has 1 saturated carbocycles. The van der Waals surface area contributed by atoms with Crippen molar-refractivity contribution in [2.75, 3.05) is 0 Å². The predicted molar refractivity (Wildman–Crippen MR) is 75.0 cm³/mol. The number of halogens is 1. The van der Waals surface area contributed by atoms with Crippen molar-refractivity contribution in [3.05, 3.63) is 4.60 Å². The second-order valence-corrected chi connectivity index (χ2v) is 7.52. The quantitative estimate of drug-likeness (QED) is 0.895. The van der Waals surface area contributed by atoms with Gasteiger partial charge in [0.2, 0.25) is 5.03 Å². The summed E-state index contributed by atoms with van der Waals surface area (Å²) in [4.78, 5) is 0. The van der Waals surface area contributed by atoms with Crippen LogP contribution in [0.1, 0.15) is 33.1 Å². The van der Waals surface area contributed by atoms with Crippen molar-refractivity contribution in [2.24, 2.45) is 18.9 Å². The highest BCUT2D eigenvalue weighted by Crippen LogP contribution is 2.34. The van der Waals surface area contributed by atoms with Crippen molar-refractivity contribution in [3.8, 4) is 0 Å². The van der Waals surface area contributed by atoms with Gasteiger partial charge in [0.05, 0.1) is 0 Å². The Hall–Kier alpha value is -0.470. The molecule has 0 radical (unpaired) electrons. The van der Waals surface area contributed by atoms with Crippen LogP contribution in [-0.4, -0.2) is 29.5 Å². The highest BCUT2D eigenvalue weighted by atomic mass is 79.9. The van der Waals surface area contributed by atoms with E-state index in [1.165, 1.54) is 4.68 Å².